The van der Waals surface area contributed by atoms with Gasteiger partial charge in [0.25, 0.3) is 5.56 Å². The predicted molar refractivity (Wildman–Crippen MR) is 104 cm³/mol. The average molecular weight is 371 g/mol. The summed E-state index contributed by atoms with van der Waals surface area (Å²) in [6, 6.07) is 7.67. The zero-order chi connectivity index (χ0) is 18.2. The van der Waals surface area contributed by atoms with E-state index in [9.17, 15) is 4.79 Å². The smallest absolute Gasteiger partial charge is 0.255 e. The van der Waals surface area contributed by atoms with Crippen LogP contribution >= 0.6 is 11.8 Å². The molecule has 3 N–H and O–H groups in total. The predicted octanol–water partition coefficient (Wildman–Crippen LogP) is 2.44. The molecule has 136 valence electrons. The summed E-state index contributed by atoms with van der Waals surface area (Å²) >= 11 is 1.77. The third-order valence-corrected chi connectivity index (χ3v) is 4.74. The quantitative estimate of drug-likeness (QED) is 0.500. The van der Waals surface area contributed by atoms with Gasteiger partial charge in [-0.15, -0.1) is 0 Å². The van der Waals surface area contributed by atoms with Gasteiger partial charge in [-0.05, 0) is 17.7 Å². The molecule has 0 saturated heterocycles. The molecule has 0 aliphatic carbocycles. The first-order chi connectivity index (χ1) is 12.7. The minimum absolute atomic E-state index is 0.130. The standard InChI is InChI=1S/C18H21N5O2S/c1-25-16-4-2-3-13(8-16)7-14-9-21-18(23-17(14)24)20-5-6-26-11-15-10-19-12-22-15/h2-4,8-10,12H,5-7,11H2,1H3,(H,19,22)(H2,20,21,23,24). The van der Waals surface area contributed by atoms with Gasteiger partial charge in [0, 0.05) is 42.4 Å². The van der Waals surface area contributed by atoms with Crippen molar-refractivity contribution in [3.8, 4) is 5.75 Å². The first kappa shape index (κ1) is 18.1. The second kappa shape index (κ2) is 9.10. The van der Waals surface area contributed by atoms with Gasteiger partial charge >= 0.3 is 0 Å². The molecule has 0 aliphatic heterocycles. The minimum atomic E-state index is -0.130. The van der Waals surface area contributed by atoms with E-state index in [1.165, 1.54) is 0 Å². The van der Waals surface area contributed by atoms with Crippen LogP contribution in [0.4, 0.5) is 5.95 Å². The number of H-pyrrole nitrogens is 2. The lowest BCUT2D eigenvalue weighted by Crippen LogP contribution is -2.18. The zero-order valence-electron chi connectivity index (χ0n) is 14.5. The van der Waals surface area contributed by atoms with Gasteiger partial charge in [-0.25, -0.2) is 9.97 Å². The fourth-order valence-corrected chi connectivity index (χ4v) is 3.19. The number of thioether (sulfide) groups is 1. The number of aromatic amines is 2. The molecule has 0 spiro atoms. The molecule has 7 nitrogen and oxygen atoms in total. The maximum absolute atomic E-state index is 12.3. The zero-order valence-corrected chi connectivity index (χ0v) is 15.3. The molecule has 0 unspecified atom stereocenters. The van der Waals surface area contributed by atoms with Crippen LogP contribution in [0, 0.1) is 0 Å². The average Bonchev–Trinajstić information content (AvgIpc) is 3.17. The van der Waals surface area contributed by atoms with Crippen molar-refractivity contribution >= 4 is 17.7 Å². The van der Waals surface area contributed by atoms with Crippen molar-refractivity contribution in [2.24, 2.45) is 0 Å². The van der Waals surface area contributed by atoms with Crippen LogP contribution in [0.2, 0.25) is 0 Å². The lowest BCUT2D eigenvalue weighted by atomic mass is 10.1. The first-order valence-electron chi connectivity index (χ1n) is 8.25. The molecule has 26 heavy (non-hydrogen) atoms. The number of ether oxygens (including phenoxy) is 1. The monoisotopic (exact) mass is 371 g/mol. The van der Waals surface area contributed by atoms with E-state index >= 15 is 0 Å². The Morgan fingerprint density at radius 3 is 3.00 bits per heavy atom. The number of rotatable bonds is 9. The molecule has 0 bridgehead atoms. The number of methoxy groups -OCH3 is 1. The van der Waals surface area contributed by atoms with Crippen molar-refractivity contribution in [3.05, 3.63) is 70.2 Å². The number of benzene rings is 1. The van der Waals surface area contributed by atoms with Crippen LogP contribution in [0.5, 0.6) is 5.75 Å². The Morgan fingerprint density at radius 2 is 2.23 bits per heavy atom. The highest BCUT2D eigenvalue weighted by atomic mass is 32.2. The van der Waals surface area contributed by atoms with E-state index in [4.69, 9.17) is 4.74 Å². The topological polar surface area (TPSA) is 95.7 Å². The molecule has 8 heteroatoms. The Bertz CT molecular complexity index is 879. The van der Waals surface area contributed by atoms with Gasteiger partial charge in [0.05, 0.1) is 19.1 Å². The molecule has 0 amide bonds. The van der Waals surface area contributed by atoms with E-state index < -0.39 is 0 Å². The Morgan fingerprint density at radius 1 is 1.31 bits per heavy atom. The number of anilines is 1. The largest absolute Gasteiger partial charge is 0.497 e. The molecule has 3 aromatic rings. The van der Waals surface area contributed by atoms with E-state index in [1.54, 1.807) is 31.4 Å². The Hall–Kier alpha value is -2.74. The minimum Gasteiger partial charge on any atom is -0.497 e. The van der Waals surface area contributed by atoms with Crippen molar-refractivity contribution in [2.75, 3.05) is 24.7 Å². The van der Waals surface area contributed by atoms with Crippen LogP contribution in [0.1, 0.15) is 16.8 Å². The van der Waals surface area contributed by atoms with Crippen LogP contribution in [-0.4, -0.2) is 39.3 Å². The van der Waals surface area contributed by atoms with Gasteiger partial charge in [0.1, 0.15) is 5.75 Å². The summed E-state index contributed by atoms with van der Waals surface area (Å²) in [6.07, 6.45) is 5.70. The van der Waals surface area contributed by atoms with E-state index in [1.807, 2.05) is 30.5 Å². The molecule has 2 aromatic heterocycles. The summed E-state index contributed by atoms with van der Waals surface area (Å²) in [5.41, 5.74) is 2.53. The summed E-state index contributed by atoms with van der Waals surface area (Å²) in [5, 5.41) is 3.14. The highest BCUT2D eigenvalue weighted by Gasteiger charge is 2.05. The maximum atomic E-state index is 12.3. The molecule has 3 rings (SSSR count). The van der Waals surface area contributed by atoms with Crippen LogP contribution in [0.3, 0.4) is 0 Å². The second-order valence-electron chi connectivity index (χ2n) is 5.65. The van der Waals surface area contributed by atoms with Crippen molar-refractivity contribution in [1.82, 2.24) is 19.9 Å². The number of nitrogens with zero attached hydrogens (tertiary/aromatic N) is 2. The van der Waals surface area contributed by atoms with Crippen LogP contribution in [-0.2, 0) is 12.2 Å². The summed E-state index contributed by atoms with van der Waals surface area (Å²) in [4.78, 5) is 26.5. The van der Waals surface area contributed by atoms with Gasteiger partial charge in [-0.1, -0.05) is 12.1 Å². The number of aromatic nitrogens is 4. The Labute approximate surface area is 155 Å². The van der Waals surface area contributed by atoms with E-state index in [2.05, 4.69) is 25.3 Å². The third-order valence-electron chi connectivity index (χ3n) is 3.75. The Kier molecular flexibility index (Phi) is 6.32. The number of hydrogen-bond donors (Lipinski definition) is 3. The number of nitrogens with one attached hydrogen (secondary N) is 3. The summed E-state index contributed by atoms with van der Waals surface area (Å²) in [6.45, 7) is 0.716. The van der Waals surface area contributed by atoms with Gasteiger partial charge in [0.2, 0.25) is 5.95 Å². The molecular weight excluding hydrogens is 350 g/mol. The third kappa shape index (κ3) is 5.13. The number of imidazole rings is 1. The highest BCUT2D eigenvalue weighted by molar-refractivity contribution is 7.98. The van der Waals surface area contributed by atoms with Gasteiger partial charge in [-0.2, -0.15) is 11.8 Å². The van der Waals surface area contributed by atoms with Crippen molar-refractivity contribution in [3.63, 3.8) is 0 Å². The van der Waals surface area contributed by atoms with Crippen molar-refractivity contribution < 1.29 is 4.74 Å². The van der Waals surface area contributed by atoms with E-state index in [0.717, 1.165) is 28.5 Å². The normalized spacial score (nSPS) is 10.7. The van der Waals surface area contributed by atoms with Crippen LogP contribution in [0.25, 0.3) is 0 Å². The molecule has 0 aliphatic rings. The summed E-state index contributed by atoms with van der Waals surface area (Å²) in [7, 11) is 1.63. The fraction of sp³-hybridized carbons (Fsp3) is 0.278. The molecule has 0 saturated carbocycles. The molecule has 1 aromatic carbocycles. The molecule has 0 fully saturated rings. The van der Waals surface area contributed by atoms with Gasteiger partial charge in [0.15, 0.2) is 0 Å². The first-order valence-corrected chi connectivity index (χ1v) is 9.40. The lowest BCUT2D eigenvalue weighted by Gasteiger charge is -2.07. The number of hydrogen-bond acceptors (Lipinski definition) is 6. The van der Waals surface area contributed by atoms with Gasteiger partial charge < -0.3 is 15.0 Å². The maximum Gasteiger partial charge on any atom is 0.255 e. The highest BCUT2D eigenvalue weighted by Crippen LogP contribution is 2.14. The molecule has 2 heterocycles. The Balaban J connectivity index is 1.49. The molecule has 0 atom stereocenters. The van der Waals surface area contributed by atoms with Crippen molar-refractivity contribution in [1.29, 1.82) is 0 Å². The van der Waals surface area contributed by atoms with Crippen molar-refractivity contribution in [2.45, 2.75) is 12.2 Å². The lowest BCUT2D eigenvalue weighted by molar-refractivity contribution is 0.414. The van der Waals surface area contributed by atoms with Gasteiger partial charge in [-0.3, -0.25) is 9.78 Å². The summed E-state index contributed by atoms with van der Waals surface area (Å²) in [5.74, 6) is 3.01. The van der Waals surface area contributed by atoms with E-state index in [-0.39, 0.29) is 5.56 Å². The molecular formula is C18H21N5O2S. The van der Waals surface area contributed by atoms with Crippen LogP contribution in [0.15, 0.2) is 47.8 Å². The fourth-order valence-electron chi connectivity index (χ4n) is 2.43. The second-order valence-corrected chi connectivity index (χ2v) is 6.76. The SMILES string of the molecule is COc1cccc(Cc2cnc(NCCSCc3c[nH]cn3)[nH]c2=O)c1. The van der Waals surface area contributed by atoms with Crippen LogP contribution < -0.4 is 15.6 Å². The summed E-state index contributed by atoms with van der Waals surface area (Å²) < 4.78 is 5.21. The van der Waals surface area contributed by atoms with E-state index in [0.29, 0.717) is 24.5 Å². The molecule has 0 radical (unpaired) electrons.